The first-order chi connectivity index (χ1) is 10.1. The minimum absolute atomic E-state index is 0.144. The maximum absolute atomic E-state index is 11.9. The molecule has 0 saturated heterocycles. The summed E-state index contributed by atoms with van der Waals surface area (Å²) in [6.07, 6.45) is 1.95. The lowest BCUT2D eigenvalue weighted by Gasteiger charge is -2.06. The molecule has 0 unspecified atom stereocenters. The van der Waals surface area contributed by atoms with E-state index in [-0.39, 0.29) is 10.8 Å². The first kappa shape index (κ1) is 15.3. The number of nitrogens with one attached hydrogen (secondary N) is 1. The minimum atomic E-state index is -1.01. The second-order valence-electron chi connectivity index (χ2n) is 4.82. The maximum Gasteiger partial charge on any atom is 0.348 e. The number of carbonyl (C=O) groups is 2. The molecule has 2 rings (SSSR count). The van der Waals surface area contributed by atoms with Gasteiger partial charge in [0.05, 0.1) is 5.69 Å². The highest BCUT2D eigenvalue weighted by Gasteiger charge is 2.16. The standard InChI is InChI=1S/C16H17NO3S/c1-11-10-21-15(16(19)20)14(11)17-13(18)9-5-8-12-6-3-2-4-7-12/h2-4,6-7,10H,5,8-9H2,1H3,(H,17,18)(H,19,20). The summed E-state index contributed by atoms with van der Waals surface area (Å²) >= 11 is 1.13. The smallest absolute Gasteiger partial charge is 0.348 e. The molecule has 1 aromatic carbocycles. The van der Waals surface area contributed by atoms with Crippen molar-refractivity contribution in [3.8, 4) is 0 Å². The van der Waals surface area contributed by atoms with Crippen molar-refractivity contribution in [1.29, 1.82) is 0 Å². The summed E-state index contributed by atoms with van der Waals surface area (Å²) in [6, 6.07) is 9.97. The van der Waals surface area contributed by atoms with Gasteiger partial charge in [-0.15, -0.1) is 11.3 Å². The zero-order valence-corrected chi connectivity index (χ0v) is 12.6. The van der Waals surface area contributed by atoms with Crippen LogP contribution in [0.25, 0.3) is 0 Å². The zero-order chi connectivity index (χ0) is 15.2. The molecule has 2 N–H and O–H groups in total. The molecule has 0 bridgehead atoms. The van der Waals surface area contributed by atoms with E-state index in [2.05, 4.69) is 5.32 Å². The second-order valence-corrected chi connectivity index (χ2v) is 5.69. The van der Waals surface area contributed by atoms with Crippen LogP contribution in [0.5, 0.6) is 0 Å². The van der Waals surface area contributed by atoms with E-state index in [1.807, 2.05) is 30.3 Å². The SMILES string of the molecule is Cc1csc(C(=O)O)c1NC(=O)CCCc1ccccc1. The van der Waals surface area contributed by atoms with Gasteiger partial charge in [0.15, 0.2) is 0 Å². The second kappa shape index (κ2) is 7.04. The maximum atomic E-state index is 11.9. The van der Waals surface area contributed by atoms with Gasteiger partial charge in [0, 0.05) is 6.42 Å². The van der Waals surface area contributed by atoms with E-state index in [1.165, 1.54) is 5.56 Å². The van der Waals surface area contributed by atoms with Gasteiger partial charge in [-0.3, -0.25) is 4.79 Å². The Bertz CT molecular complexity index is 634. The molecular formula is C16H17NO3S. The third kappa shape index (κ3) is 4.16. The number of benzene rings is 1. The molecule has 21 heavy (non-hydrogen) atoms. The fourth-order valence-corrected chi connectivity index (χ4v) is 2.90. The van der Waals surface area contributed by atoms with Crippen molar-refractivity contribution < 1.29 is 14.7 Å². The predicted molar refractivity (Wildman–Crippen MR) is 84.0 cm³/mol. The Hall–Kier alpha value is -2.14. The molecule has 2 aromatic rings. The summed E-state index contributed by atoms with van der Waals surface area (Å²) < 4.78 is 0. The van der Waals surface area contributed by atoms with Crippen LogP contribution in [0, 0.1) is 6.92 Å². The molecule has 0 aliphatic rings. The van der Waals surface area contributed by atoms with Gasteiger partial charge in [-0.2, -0.15) is 0 Å². The molecule has 0 saturated carbocycles. The molecule has 0 radical (unpaired) electrons. The average molecular weight is 303 g/mol. The Kier molecular flexibility index (Phi) is 5.11. The van der Waals surface area contributed by atoms with Crippen molar-refractivity contribution in [2.24, 2.45) is 0 Å². The van der Waals surface area contributed by atoms with Crippen molar-refractivity contribution in [1.82, 2.24) is 0 Å². The number of anilines is 1. The monoisotopic (exact) mass is 303 g/mol. The zero-order valence-electron chi connectivity index (χ0n) is 11.8. The summed E-state index contributed by atoms with van der Waals surface area (Å²) in [7, 11) is 0. The van der Waals surface area contributed by atoms with Gasteiger partial charge in [0.1, 0.15) is 4.88 Å². The van der Waals surface area contributed by atoms with Gasteiger partial charge in [0.25, 0.3) is 0 Å². The van der Waals surface area contributed by atoms with Crippen LogP contribution in [0.2, 0.25) is 0 Å². The number of carboxylic acids is 1. The van der Waals surface area contributed by atoms with E-state index < -0.39 is 5.97 Å². The number of hydrogen-bond acceptors (Lipinski definition) is 3. The van der Waals surface area contributed by atoms with Crippen LogP contribution in [-0.4, -0.2) is 17.0 Å². The number of aromatic carboxylic acids is 1. The number of carbonyl (C=O) groups excluding carboxylic acids is 1. The fourth-order valence-electron chi connectivity index (χ4n) is 2.06. The molecule has 0 aliphatic heterocycles. The number of aryl methyl sites for hydroxylation is 2. The highest BCUT2D eigenvalue weighted by molar-refractivity contribution is 7.12. The minimum Gasteiger partial charge on any atom is -0.477 e. The van der Waals surface area contributed by atoms with Crippen molar-refractivity contribution in [2.75, 3.05) is 5.32 Å². The average Bonchev–Trinajstić information content (AvgIpc) is 2.81. The Morgan fingerprint density at radius 3 is 2.62 bits per heavy atom. The molecule has 5 heteroatoms. The van der Waals surface area contributed by atoms with E-state index in [4.69, 9.17) is 5.11 Å². The van der Waals surface area contributed by atoms with Crippen LogP contribution in [0.15, 0.2) is 35.7 Å². The number of hydrogen-bond donors (Lipinski definition) is 2. The fraction of sp³-hybridized carbons (Fsp3) is 0.250. The van der Waals surface area contributed by atoms with Gasteiger partial charge in [0.2, 0.25) is 5.91 Å². The van der Waals surface area contributed by atoms with E-state index in [9.17, 15) is 9.59 Å². The summed E-state index contributed by atoms with van der Waals surface area (Å²) in [5, 5.41) is 13.5. The lowest BCUT2D eigenvalue weighted by atomic mass is 10.1. The van der Waals surface area contributed by atoms with E-state index in [0.29, 0.717) is 12.1 Å². The van der Waals surface area contributed by atoms with Crippen molar-refractivity contribution in [3.05, 3.63) is 51.7 Å². The van der Waals surface area contributed by atoms with E-state index in [0.717, 1.165) is 29.7 Å². The molecule has 1 heterocycles. The Morgan fingerprint density at radius 1 is 1.24 bits per heavy atom. The van der Waals surface area contributed by atoms with Gasteiger partial charge in [-0.1, -0.05) is 30.3 Å². The number of amides is 1. The molecule has 4 nitrogen and oxygen atoms in total. The molecule has 1 amide bonds. The van der Waals surface area contributed by atoms with Crippen molar-refractivity contribution in [2.45, 2.75) is 26.2 Å². The van der Waals surface area contributed by atoms with Crippen LogP contribution in [0.4, 0.5) is 5.69 Å². The van der Waals surface area contributed by atoms with Crippen LogP contribution in [-0.2, 0) is 11.2 Å². The van der Waals surface area contributed by atoms with Crippen molar-refractivity contribution in [3.63, 3.8) is 0 Å². The Labute approximate surface area is 127 Å². The highest BCUT2D eigenvalue weighted by atomic mass is 32.1. The van der Waals surface area contributed by atoms with Gasteiger partial charge < -0.3 is 10.4 Å². The third-order valence-corrected chi connectivity index (χ3v) is 4.23. The number of carboxylic acid groups (broad SMARTS) is 1. The molecule has 0 fully saturated rings. The first-order valence-electron chi connectivity index (χ1n) is 6.73. The van der Waals surface area contributed by atoms with Crippen LogP contribution < -0.4 is 5.32 Å². The summed E-state index contributed by atoms with van der Waals surface area (Å²) in [5.74, 6) is -1.15. The van der Waals surface area contributed by atoms with Crippen LogP contribution in [0.3, 0.4) is 0 Å². The van der Waals surface area contributed by atoms with E-state index in [1.54, 1.807) is 12.3 Å². The normalized spacial score (nSPS) is 10.3. The molecular weight excluding hydrogens is 286 g/mol. The largest absolute Gasteiger partial charge is 0.477 e. The summed E-state index contributed by atoms with van der Waals surface area (Å²) in [5.41, 5.74) is 2.41. The lowest BCUT2D eigenvalue weighted by Crippen LogP contribution is -2.14. The topological polar surface area (TPSA) is 66.4 Å². The Morgan fingerprint density at radius 2 is 1.95 bits per heavy atom. The first-order valence-corrected chi connectivity index (χ1v) is 7.61. The van der Waals surface area contributed by atoms with Gasteiger partial charge in [-0.05, 0) is 36.3 Å². The summed E-state index contributed by atoms with van der Waals surface area (Å²) in [4.78, 5) is 23.2. The van der Waals surface area contributed by atoms with E-state index >= 15 is 0 Å². The van der Waals surface area contributed by atoms with Crippen LogP contribution in [0.1, 0.15) is 33.6 Å². The molecule has 0 aliphatic carbocycles. The number of thiophene rings is 1. The molecule has 110 valence electrons. The summed E-state index contributed by atoms with van der Waals surface area (Å²) in [6.45, 7) is 1.79. The van der Waals surface area contributed by atoms with Gasteiger partial charge in [-0.25, -0.2) is 4.79 Å². The Balaban J connectivity index is 1.88. The van der Waals surface area contributed by atoms with Crippen molar-refractivity contribution >= 4 is 28.9 Å². The number of rotatable bonds is 6. The third-order valence-electron chi connectivity index (χ3n) is 3.15. The quantitative estimate of drug-likeness (QED) is 0.854. The molecule has 0 spiro atoms. The molecule has 0 atom stereocenters. The van der Waals surface area contributed by atoms with Gasteiger partial charge >= 0.3 is 5.97 Å². The molecule has 1 aromatic heterocycles. The highest BCUT2D eigenvalue weighted by Crippen LogP contribution is 2.27. The predicted octanol–water partition coefficient (Wildman–Crippen LogP) is 3.72. The lowest BCUT2D eigenvalue weighted by molar-refractivity contribution is -0.116. The van der Waals surface area contributed by atoms with Crippen LogP contribution >= 0.6 is 11.3 Å².